The molecule has 8 heteroatoms. The quantitative estimate of drug-likeness (QED) is 0.277. The Kier molecular flexibility index (Phi) is 7.75. The summed E-state index contributed by atoms with van der Waals surface area (Å²) in [7, 11) is 0. The van der Waals surface area contributed by atoms with Crippen LogP contribution in [0.2, 0.25) is 0 Å². The molecule has 0 saturated heterocycles. The summed E-state index contributed by atoms with van der Waals surface area (Å²) in [5.74, 6) is -4.41. The van der Waals surface area contributed by atoms with Gasteiger partial charge in [-0.05, 0) is 24.6 Å². The van der Waals surface area contributed by atoms with Crippen molar-refractivity contribution in [1.29, 1.82) is 0 Å². The van der Waals surface area contributed by atoms with E-state index in [4.69, 9.17) is 9.47 Å². The zero-order valence-electron chi connectivity index (χ0n) is 16.1. The van der Waals surface area contributed by atoms with E-state index in [1.165, 1.54) is 19.1 Å². The highest BCUT2D eigenvalue weighted by Gasteiger charge is 2.56. The minimum Gasteiger partial charge on any atom is -0.461 e. The number of hydrogen-bond acceptors (Lipinski definition) is 7. The normalized spacial score (nSPS) is 27.8. The highest BCUT2D eigenvalue weighted by atomic mass is 79.9. The molecule has 7 nitrogen and oxygen atoms in total. The summed E-state index contributed by atoms with van der Waals surface area (Å²) >= 11 is 3.36. The van der Waals surface area contributed by atoms with E-state index < -0.39 is 35.3 Å². The fourth-order valence-corrected chi connectivity index (χ4v) is 3.95. The van der Waals surface area contributed by atoms with Crippen LogP contribution in [0.25, 0.3) is 0 Å². The zero-order chi connectivity index (χ0) is 21.6. The van der Waals surface area contributed by atoms with Crippen molar-refractivity contribution in [2.45, 2.75) is 24.9 Å². The third kappa shape index (κ3) is 5.13. The molecule has 1 saturated carbocycles. The van der Waals surface area contributed by atoms with Gasteiger partial charge in [0.05, 0.1) is 17.2 Å². The molecule has 0 aliphatic heterocycles. The molecule has 0 spiro atoms. The monoisotopic (exact) mass is 465 g/mol. The van der Waals surface area contributed by atoms with Crippen LogP contribution in [0.3, 0.4) is 0 Å². The highest BCUT2D eigenvalue weighted by Crippen LogP contribution is 2.47. The van der Waals surface area contributed by atoms with E-state index in [0.717, 1.165) is 4.47 Å². The Bertz CT molecular complexity index is 802. The molecular weight excluding hydrogens is 442 g/mol. The summed E-state index contributed by atoms with van der Waals surface area (Å²) < 4.78 is 11.2. The lowest BCUT2D eigenvalue weighted by Gasteiger charge is -2.44. The zero-order valence-corrected chi connectivity index (χ0v) is 17.7. The van der Waals surface area contributed by atoms with Gasteiger partial charge < -0.3 is 19.8 Å². The number of hydrogen-bond donors (Lipinski definition) is 2. The van der Waals surface area contributed by atoms with E-state index in [1.54, 1.807) is 24.3 Å². The first-order valence-electron chi connectivity index (χ1n) is 9.00. The summed E-state index contributed by atoms with van der Waals surface area (Å²) in [6, 6.07) is 6.97. The maximum absolute atomic E-state index is 12.9. The molecule has 0 heterocycles. The van der Waals surface area contributed by atoms with Crippen LogP contribution in [0.15, 0.2) is 59.2 Å². The van der Waals surface area contributed by atoms with Crippen LogP contribution < -0.4 is 0 Å². The van der Waals surface area contributed by atoms with Gasteiger partial charge in [-0.1, -0.05) is 58.5 Å². The Balaban J connectivity index is 2.62. The lowest BCUT2D eigenvalue weighted by Crippen LogP contribution is -2.55. The lowest BCUT2D eigenvalue weighted by molar-refractivity contribution is -0.162. The van der Waals surface area contributed by atoms with Crippen molar-refractivity contribution in [3.8, 4) is 0 Å². The van der Waals surface area contributed by atoms with Crippen molar-refractivity contribution in [1.82, 2.24) is 0 Å². The molecule has 4 atom stereocenters. The van der Waals surface area contributed by atoms with E-state index in [1.807, 2.05) is 0 Å². The van der Waals surface area contributed by atoms with E-state index in [9.17, 15) is 19.9 Å². The Labute approximate surface area is 177 Å². The minimum absolute atomic E-state index is 0.0322. The van der Waals surface area contributed by atoms with Crippen molar-refractivity contribution in [2.24, 2.45) is 17.0 Å². The molecule has 0 radical (unpaired) electrons. The number of rotatable bonds is 7. The lowest BCUT2D eigenvalue weighted by atomic mass is 9.61. The predicted molar refractivity (Wildman–Crippen MR) is 111 cm³/mol. The number of benzene rings is 1. The number of aliphatic hydroxyl groups is 1. The van der Waals surface area contributed by atoms with Gasteiger partial charge in [0.15, 0.2) is 0 Å². The Morgan fingerprint density at radius 1 is 1.21 bits per heavy atom. The van der Waals surface area contributed by atoms with Gasteiger partial charge in [-0.3, -0.25) is 9.59 Å². The first kappa shape index (κ1) is 22.8. The number of carbonyl (C=O) groups is 2. The molecule has 1 aliphatic rings. The summed E-state index contributed by atoms with van der Waals surface area (Å²) in [5, 5.41) is 23.9. The molecule has 2 rings (SSSR count). The fraction of sp³-hybridized carbons (Fsp3) is 0.381. The summed E-state index contributed by atoms with van der Waals surface area (Å²) in [4.78, 5) is 25.7. The number of nitrogens with zero attached hydrogens (tertiary/aromatic N) is 1. The van der Waals surface area contributed by atoms with Gasteiger partial charge in [0.1, 0.15) is 19.1 Å². The maximum atomic E-state index is 12.9. The van der Waals surface area contributed by atoms with Crippen LogP contribution in [0, 0.1) is 11.8 Å². The topological polar surface area (TPSA) is 105 Å². The third-order valence-corrected chi connectivity index (χ3v) is 5.39. The number of halogens is 1. The van der Waals surface area contributed by atoms with Gasteiger partial charge in [-0.15, -0.1) is 0 Å². The largest absolute Gasteiger partial charge is 0.461 e. The van der Waals surface area contributed by atoms with Gasteiger partial charge in [-0.25, -0.2) is 0 Å². The van der Waals surface area contributed by atoms with Crippen molar-refractivity contribution in [2.75, 3.05) is 13.2 Å². The summed E-state index contributed by atoms with van der Waals surface area (Å²) in [6.07, 6.45) is 2.63. The molecule has 156 valence electrons. The van der Waals surface area contributed by atoms with Gasteiger partial charge >= 0.3 is 11.9 Å². The van der Waals surface area contributed by atoms with E-state index in [-0.39, 0.29) is 25.3 Å². The first-order valence-corrected chi connectivity index (χ1v) is 9.79. The molecule has 0 unspecified atom stereocenters. The van der Waals surface area contributed by atoms with Crippen molar-refractivity contribution >= 4 is 33.6 Å². The molecule has 2 N–H and O–H groups in total. The number of oxime groups is 1. The second-order valence-electron chi connectivity index (χ2n) is 7.00. The molecule has 1 aliphatic carbocycles. The predicted octanol–water partition coefficient (Wildman–Crippen LogP) is 3.21. The number of ether oxygens (including phenoxy) is 2. The minimum atomic E-state index is -1.62. The molecular formula is C21H24BrNO6. The second kappa shape index (κ2) is 9.84. The first-order chi connectivity index (χ1) is 13.8. The number of esters is 2. The molecule has 0 amide bonds. The SMILES string of the molecule is C=CCOC(=O)[C@H]1/C(=N/O)C[C@@](C)(O)[C@@H](C(=O)OCC=C)[C@H]1c1ccc(Br)cc1. The van der Waals surface area contributed by atoms with Crippen LogP contribution in [0.4, 0.5) is 0 Å². The fourth-order valence-electron chi connectivity index (χ4n) is 3.69. The second-order valence-corrected chi connectivity index (χ2v) is 7.91. The van der Waals surface area contributed by atoms with Crippen molar-refractivity contribution in [3.63, 3.8) is 0 Å². The molecule has 1 fully saturated rings. The average molecular weight is 466 g/mol. The average Bonchev–Trinajstić information content (AvgIpc) is 2.69. The smallest absolute Gasteiger partial charge is 0.315 e. The number of carbonyl (C=O) groups excluding carboxylic acids is 2. The van der Waals surface area contributed by atoms with Crippen molar-refractivity contribution in [3.05, 3.63) is 59.6 Å². The molecule has 0 bridgehead atoms. The standard InChI is InChI=1S/C21H24BrNO6/c1-4-10-28-19(24)17-15(23-27)12-21(3,26)18(20(25)29-11-5-2)16(17)13-6-8-14(22)9-7-13/h4-9,16-18,26-27H,1-2,10-12H2,3H3/b23-15+/t16-,17-,18+,21+/m0/s1. The molecule has 1 aromatic carbocycles. The highest BCUT2D eigenvalue weighted by molar-refractivity contribution is 9.10. The Hall–Kier alpha value is -2.45. The van der Waals surface area contributed by atoms with Gasteiger partial charge in [0.25, 0.3) is 0 Å². The van der Waals surface area contributed by atoms with Crippen LogP contribution in [0.5, 0.6) is 0 Å². The van der Waals surface area contributed by atoms with Crippen LogP contribution in [-0.2, 0) is 19.1 Å². The van der Waals surface area contributed by atoms with E-state index in [2.05, 4.69) is 34.2 Å². The van der Waals surface area contributed by atoms with E-state index in [0.29, 0.717) is 5.56 Å². The van der Waals surface area contributed by atoms with Crippen molar-refractivity contribution < 1.29 is 29.4 Å². The summed E-state index contributed by atoms with van der Waals surface area (Å²) in [5.41, 5.74) is -0.993. The van der Waals surface area contributed by atoms with Crippen LogP contribution in [-0.4, -0.2) is 46.8 Å². The van der Waals surface area contributed by atoms with E-state index >= 15 is 0 Å². The summed E-state index contributed by atoms with van der Waals surface area (Å²) in [6.45, 7) is 8.42. The van der Waals surface area contributed by atoms with Gasteiger partial charge in [0, 0.05) is 16.8 Å². The third-order valence-electron chi connectivity index (χ3n) is 4.86. The molecule has 29 heavy (non-hydrogen) atoms. The van der Waals surface area contributed by atoms with Gasteiger partial charge in [0.2, 0.25) is 0 Å². The maximum Gasteiger partial charge on any atom is 0.315 e. The molecule has 1 aromatic rings. The van der Waals surface area contributed by atoms with Crippen LogP contribution in [0.1, 0.15) is 24.8 Å². The Morgan fingerprint density at radius 3 is 2.28 bits per heavy atom. The molecule has 0 aromatic heterocycles. The van der Waals surface area contributed by atoms with Gasteiger partial charge in [-0.2, -0.15) is 0 Å². The Morgan fingerprint density at radius 2 is 1.76 bits per heavy atom. The van der Waals surface area contributed by atoms with Crippen LogP contribution >= 0.6 is 15.9 Å².